The summed E-state index contributed by atoms with van der Waals surface area (Å²) in [6.07, 6.45) is 5.36. The summed E-state index contributed by atoms with van der Waals surface area (Å²) in [6.45, 7) is 9.57. The fourth-order valence-corrected chi connectivity index (χ4v) is 4.47. The van der Waals surface area contributed by atoms with Gasteiger partial charge in [-0.1, -0.05) is 26.0 Å². The number of nitrogens with one attached hydrogen (secondary N) is 2. The van der Waals surface area contributed by atoms with Crippen LogP contribution in [0.5, 0.6) is 0 Å². The molecule has 1 amide bonds. The van der Waals surface area contributed by atoms with Gasteiger partial charge in [-0.2, -0.15) is 0 Å². The Kier molecular flexibility index (Phi) is 9.38. The van der Waals surface area contributed by atoms with Gasteiger partial charge in [0.1, 0.15) is 0 Å². The highest BCUT2D eigenvalue weighted by molar-refractivity contribution is 7.15. The summed E-state index contributed by atoms with van der Waals surface area (Å²) in [4.78, 5) is 20.6. The second-order valence-electron chi connectivity index (χ2n) is 7.11. The molecular formula is C21H31ClN4OS. The SMILES string of the molecule is CCCN(CC)Cc1ccc(C(=O)Nc2ncc(C3CCNCC3)s2)cc1.Cl. The Morgan fingerprint density at radius 1 is 1.25 bits per heavy atom. The fraction of sp³-hybridized carbons (Fsp3) is 0.524. The van der Waals surface area contributed by atoms with Crippen LogP contribution in [-0.4, -0.2) is 42.0 Å². The summed E-state index contributed by atoms with van der Waals surface area (Å²) in [6, 6.07) is 7.92. The number of hydrogen-bond donors (Lipinski definition) is 2. The van der Waals surface area contributed by atoms with Gasteiger partial charge in [0.2, 0.25) is 0 Å². The maximum atomic E-state index is 12.5. The number of halogens is 1. The van der Waals surface area contributed by atoms with Gasteiger partial charge in [0.15, 0.2) is 5.13 Å². The normalized spacial score (nSPS) is 14.7. The summed E-state index contributed by atoms with van der Waals surface area (Å²) in [5, 5.41) is 7.03. The van der Waals surface area contributed by atoms with E-state index in [1.54, 1.807) is 11.3 Å². The molecule has 0 atom stereocenters. The predicted molar refractivity (Wildman–Crippen MR) is 120 cm³/mol. The van der Waals surface area contributed by atoms with Crippen molar-refractivity contribution in [2.45, 2.75) is 45.6 Å². The number of anilines is 1. The molecule has 2 N–H and O–H groups in total. The molecule has 0 aliphatic carbocycles. The highest BCUT2D eigenvalue weighted by Gasteiger charge is 2.18. The molecule has 1 aliphatic rings. The van der Waals surface area contributed by atoms with Crippen molar-refractivity contribution in [3.8, 4) is 0 Å². The molecule has 2 heterocycles. The van der Waals surface area contributed by atoms with Crippen LogP contribution in [0.3, 0.4) is 0 Å². The second-order valence-corrected chi connectivity index (χ2v) is 8.17. The first kappa shape index (κ1) is 22.8. The first-order valence-corrected chi connectivity index (χ1v) is 10.8. The fourth-order valence-electron chi connectivity index (χ4n) is 3.49. The molecule has 0 spiro atoms. The van der Waals surface area contributed by atoms with Crippen molar-refractivity contribution in [2.75, 3.05) is 31.5 Å². The van der Waals surface area contributed by atoms with Gasteiger partial charge in [0, 0.05) is 23.2 Å². The molecule has 154 valence electrons. The van der Waals surface area contributed by atoms with E-state index in [0.29, 0.717) is 16.6 Å². The van der Waals surface area contributed by atoms with Crippen molar-refractivity contribution in [3.63, 3.8) is 0 Å². The van der Waals surface area contributed by atoms with Crippen LogP contribution in [0.2, 0.25) is 0 Å². The number of carbonyl (C=O) groups is 1. The molecule has 1 saturated heterocycles. The third-order valence-electron chi connectivity index (χ3n) is 5.09. The van der Waals surface area contributed by atoms with E-state index in [0.717, 1.165) is 52.0 Å². The number of piperidine rings is 1. The predicted octanol–water partition coefficient (Wildman–Crippen LogP) is 4.52. The van der Waals surface area contributed by atoms with Crippen LogP contribution in [0.25, 0.3) is 0 Å². The highest BCUT2D eigenvalue weighted by atomic mass is 35.5. The van der Waals surface area contributed by atoms with Crippen LogP contribution >= 0.6 is 23.7 Å². The maximum Gasteiger partial charge on any atom is 0.257 e. The Morgan fingerprint density at radius 2 is 1.96 bits per heavy atom. The van der Waals surface area contributed by atoms with Crippen LogP contribution in [0.4, 0.5) is 5.13 Å². The topological polar surface area (TPSA) is 57.3 Å². The minimum atomic E-state index is -0.0892. The summed E-state index contributed by atoms with van der Waals surface area (Å²) in [5.41, 5.74) is 1.92. The van der Waals surface area contributed by atoms with E-state index in [2.05, 4.69) is 46.5 Å². The van der Waals surface area contributed by atoms with Gasteiger partial charge in [-0.25, -0.2) is 4.98 Å². The van der Waals surface area contributed by atoms with E-state index in [1.165, 1.54) is 10.4 Å². The number of thiazole rings is 1. The van der Waals surface area contributed by atoms with Crippen LogP contribution in [-0.2, 0) is 6.54 Å². The Bertz CT molecular complexity index is 728. The molecule has 7 heteroatoms. The smallest absolute Gasteiger partial charge is 0.257 e. The van der Waals surface area contributed by atoms with Gasteiger partial charge < -0.3 is 5.32 Å². The average Bonchev–Trinajstić information content (AvgIpc) is 3.17. The van der Waals surface area contributed by atoms with Crippen LogP contribution < -0.4 is 10.6 Å². The first-order valence-electron chi connectivity index (χ1n) is 9.98. The number of amides is 1. The number of nitrogens with zero attached hydrogens (tertiary/aromatic N) is 2. The lowest BCUT2D eigenvalue weighted by Gasteiger charge is -2.20. The molecule has 2 aromatic rings. The van der Waals surface area contributed by atoms with Gasteiger partial charge in [-0.3, -0.25) is 15.0 Å². The van der Waals surface area contributed by atoms with E-state index in [1.807, 2.05) is 18.3 Å². The number of benzene rings is 1. The lowest BCUT2D eigenvalue weighted by atomic mass is 9.97. The number of carbonyl (C=O) groups excluding carboxylic acids is 1. The Balaban J connectivity index is 0.00000280. The Hall–Kier alpha value is -1.47. The summed E-state index contributed by atoms with van der Waals surface area (Å²) in [7, 11) is 0. The molecule has 28 heavy (non-hydrogen) atoms. The molecule has 0 radical (unpaired) electrons. The molecule has 0 bridgehead atoms. The van der Waals surface area contributed by atoms with Crippen molar-refractivity contribution in [2.24, 2.45) is 0 Å². The molecule has 1 aliphatic heterocycles. The molecule has 0 saturated carbocycles. The zero-order valence-electron chi connectivity index (χ0n) is 16.7. The maximum absolute atomic E-state index is 12.5. The summed E-state index contributed by atoms with van der Waals surface area (Å²) in [5.74, 6) is 0.479. The molecule has 1 fully saturated rings. The third kappa shape index (κ3) is 6.27. The number of rotatable bonds is 8. The lowest BCUT2D eigenvalue weighted by Crippen LogP contribution is -2.26. The van der Waals surface area contributed by atoms with Gasteiger partial charge in [0.25, 0.3) is 5.91 Å². The van der Waals surface area contributed by atoms with Gasteiger partial charge >= 0.3 is 0 Å². The lowest BCUT2D eigenvalue weighted by molar-refractivity contribution is 0.102. The quantitative estimate of drug-likeness (QED) is 0.656. The van der Waals surface area contributed by atoms with Crippen molar-refractivity contribution in [1.29, 1.82) is 0 Å². The minimum absolute atomic E-state index is 0. The molecule has 5 nitrogen and oxygen atoms in total. The van der Waals surface area contributed by atoms with Gasteiger partial charge in [-0.05, 0) is 69.1 Å². The summed E-state index contributed by atoms with van der Waals surface area (Å²) >= 11 is 1.60. The minimum Gasteiger partial charge on any atom is -0.317 e. The van der Waals surface area contributed by atoms with E-state index in [9.17, 15) is 4.79 Å². The molecular weight excluding hydrogens is 392 g/mol. The van der Waals surface area contributed by atoms with Crippen molar-refractivity contribution in [3.05, 3.63) is 46.5 Å². The van der Waals surface area contributed by atoms with Crippen LogP contribution in [0.15, 0.2) is 30.5 Å². The van der Waals surface area contributed by atoms with E-state index in [-0.39, 0.29) is 18.3 Å². The van der Waals surface area contributed by atoms with E-state index in [4.69, 9.17) is 0 Å². The number of hydrogen-bond acceptors (Lipinski definition) is 5. The van der Waals surface area contributed by atoms with Crippen LogP contribution in [0.1, 0.15) is 59.8 Å². The monoisotopic (exact) mass is 422 g/mol. The van der Waals surface area contributed by atoms with Crippen molar-refractivity contribution >= 4 is 34.8 Å². The van der Waals surface area contributed by atoms with Gasteiger partial charge in [0.05, 0.1) is 0 Å². The standard InChI is InChI=1S/C21H30N4OS.ClH/c1-3-13-25(4-2)15-16-5-7-18(8-6-16)20(26)24-21-23-14-19(27-21)17-9-11-22-12-10-17;/h5-8,14,17,22H,3-4,9-13,15H2,1-2H3,(H,23,24,26);1H. The van der Waals surface area contributed by atoms with E-state index < -0.39 is 0 Å². The largest absolute Gasteiger partial charge is 0.317 e. The van der Waals surface area contributed by atoms with Crippen LogP contribution in [0, 0.1) is 0 Å². The van der Waals surface area contributed by atoms with Crippen molar-refractivity contribution < 1.29 is 4.79 Å². The number of aromatic nitrogens is 1. The second kappa shape index (κ2) is 11.5. The molecule has 0 unspecified atom stereocenters. The van der Waals surface area contributed by atoms with E-state index >= 15 is 0 Å². The summed E-state index contributed by atoms with van der Waals surface area (Å²) < 4.78 is 0. The van der Waals surface area contributed by atoms with Crippen molar-refractivity contribution in [1.82, 2.24) is 15.2 Å². The third-order valence-corrected chi connectivity index (χ3v) is 6.17. The van der Waals surface area contributed by atoms with Gasteiger partial charge in [-0.15, -0.1) is 23.7 Å². The zero-order valence-corrected chi connectivity index (χ0v) is 18.4. The average molecular weight is 423 g/mol. The Morgan fingerprint density at radius 3 is 2.61 bits per heavy atom. The molecule has 1 aromatic heterocycles. The molecule has 3 rings (SSSR count). The highest BCUT2D eigenvalue weighted by Crippen LogP contribution is 2.31. The molecule has 1 aromatic carbocycles. The zero-order chi connectivity index (χ0) is 19.1. The Labute approximate surface area is 178 Å². The first-order chi connectivity index (χ1) is 13.2.